The van der Waals surface area contributed by atoms with Crippen LogP contribution in [0.2, 0.25) is 5.02 Å². The SMILES string of the molecule is Clc1ccc(-n2nnnc2NCCCN2CCCC2)cc1. The van der Waals surface area contributed by atoms with Crippen LogP contribution in [0.5, 0.6) is 0 Å². The molecule has 1 aromatic heterocycles. The number of anilines is 1. The zero-order chi connectivity index (χ0) is 14.5. The molecule has 1 aliphatic rings. The highest BCUT2D eigenvalue weighted by molar-refractivity contribution is 6.30. The third-order valence-corrected chi connectivity index (χ3v) is 3.93. The van der Waals surface area contributed by atoms with Crippen LogP contribution in [0.1, 0.15) is 19.3 Å². The van der Waals surface area contributed by atoms with Gasteiger partial charge in [-0.05, 0) is 73.6 Å². The summed E-state index contributed by atoms with van der Waals surface area (Å²) < 4.78 is 1.69. The summed E-state index contributed by atoms with van der Waals surface area (Å²) in [5.74, 6) is 0.666. The molecule has 2 aromatic rings. The van der Waals surface area contributed by atoms with Gasteiger partial charge in [-0.25, -0.2) is 0 Å². The smallest absolute Gasteiger partial charge is 0.247 e. The van der Waals surface area contributed by atoms with Crippen LogP contribution in [0.4, 0.5) is 5.95 Å². The highest BCUT2D eigenvalue weighted by Gasteiger charge is 2.11. The molecule has 0 bridgehead atoms. The van der Waals surface area contributed by atoms with E-state index in [0.29, 0.717) is 11.0 Å². The van der Waals surface area contributed by atoms with E-state index in [9.17, 15) is 0 Å². The van der Waals surface area contributed by atoms with Gasteiger partial charge in [0.05, 0.1) is 5.69 Å². The van der Waals surface area contributed by atoms with Gasteiger partial charge in [-0.1, -0.05) is 16.7 Å². The zero-order valence-electron chi connectivity index (χ0n) is 11.9. The van der Waals surface area contributed by atoms with E-state index < -0.39 is 0 Å². The topological polar surface area (TPSA) is 58.9 Å². The average Bonchev–Trinajstić information content (AvgIpc) is 3.16. The number of hydrogen-bond acceptors (Lipinski definition) is 5. The lowest BCUT2D eigenvalue weighted by atomic mass is 10.3. The van der Waals surface area contributed by atoms with E-state index in [-0.39, 0.29) is 0 Å². The molecule has 0 radical (unpaired) electrons. The van der Waals surface area contributed by atoms with Crippen LogP contribution in [0.3, 0.4) is 0 Å². The van der Waals surface area contributed by atoms with Gasteiger partial charge in [0.25, 0.3) is 0 Å². The Kier molecular flexibility index (Phi) is 4.67. The van der Waals surface area contributed by atoms with Crippen molar-refractivity contribution in [2.45, 2.75) is 19.3 Å². The molecule has 1 aromatic carbocycles. The second-order valence-electron chi connectivity index (χ2n) is 5.22. The van der Waals surface area contributed by atoms with E-state index in [2.05, 4.69) is 25.7 Å². The highest BCUT2D eigenvalue weighted by atomic mass is 35.5. The summed E-state index contributed by atoms with van der Waals surface area (Å²) in [6.45, 7) is 4.48. The molecule has 21 heavy (non-hydrogen) atoms. The van der Waals surface area contributed by atoms with Crippen molar-refractivity contribution in [1.29, 1.82) is 0 Å². The number of likely N-dealkylation sites (tertiary alicyclic amines) is 1. The second-order valence-corrected chi connectivity index (χ2v) is 5.66. The monoisotopic (exact) mass is 306 g/mol. The van der Waals surface area contributed by atoms with Gasteiger partial charge in [0.15, 0.2) is 0 Å². The standard InChI is InChI=1S/C14H19ClN6/c15-12-4-6-13(7-5-12)21-14(17-18-19-21)16-8-3-11-20-9-1-2-10-20/h4-7H,1-3,8-11H2,(H,16,17,19). The van der Waals surface area contributed by atoms with E-state index in [1.807, 2.05) is 24.3 Å². The van der Waals surface area contributed by atoms with Crippen LogP contribution in [-0.2, 0) is 0 Å². The maximum Gasteiger partial charge on any atom is 0.247 e. The Hall–Kier alpha value is -1.66. The lowest BCUT2D eigenvalue weighted by Crippen LogP contribution is -2.22. The molecule has 0 amide bonds. The Morgan fingerprint density at radius 3 is 2.67 bits per heavy atom. The van der Waals surface area contributed by atoms with Gasteiger partial charge >= 0.3 is 0 Å². The summed E-state index contributed by atoms with van der Waals surface area (Å²) >= 11 is 5.90. The Morgan fingerprint density at radius 1 is 1.14 bits per heavy atom. The van der Waals surface area contributed by atoms with Crippen molar-refractivity contribution in [1.82, 2.24) is 25.1 Å². The molecule has 1 aliphatic heterocycles. The zero-order valence-corrected chi connectivity index (χ0v) is 12.6. The normalized spacial score (nSPS) is 15.5. The largest absolute Gasteiger partial charge is 0.353 e. The lowest BCUT2D eigenvalue weighted by Gasteiger charge is -2.14. The van der Waals surface area contributed by atoms with Crippen LogP contribution in [0.15, 0.2) is 24.3 Å². The van der Waals surface area contributed by atoms with Gasteiger partial charge in [-0.15, -0.1) is 0 Å². The molecule has 0 atom stereocenters. The van der Waals surface area contributed by atoms with Crippen molar-refractivity contribution < 1.29 is 0 Å². The fourth-order valence-corrected chi connectivity index (χ4v) is 2.69. The van der Waals surface area contributed by atoms with Crippen LogP contribution >= 0.6 is 11.6 Å². The molecule has 6 nitrogen and oxygen atoms in total. The summed E-state index contributed by atoms with van der Waals surface area (Å²) in [4.78, 5) is 2.50. The number of halogens is 1. The second kappa shape index (κ2) is 6.87. The first-order valence-corrected chi connectivity index (χ1v) is 7.71. The minimum absolute atomic E-state index is 0.666. The van der Waals surface area contributed by atoms with Crippen molar-refractivity contribution in [3.8, 4) is 5.69 Å². The van der Waals surface area contributed by atoms with E-state index >= 15 is 0 Å². The first-order chi connectivity index (χ1) is 10.3. The molecule has 0 unspecified atom stereocenters. The summed E-state index contributed by atoms with van der Waals surface area (Å²) in [5, 5.41) is 15.8. The average molecular weight is 307 g/mol. The van der Waals surface area contributed by atoms with Gasteiger partial charge in [-0.3, -0.25) is 0 Å². The Labute approximate surface area is 129 Å². The van der Waals surface area contributed by atoms with Crippen LogP contribution in [-0.4, -0.2) is 51.3 Å². The predicted molar refractivity (Wildman–Crippen MR) is 82.9 cm³/mol. The molecule has 7 heteroatoms. The summed E-state index contributed by atoms with van der Waals surface area (Å²) in [6, 6.07) is 7.45. The Balaban J connectivity index is 1.54. The van der Waals surface area contributed by atoms with Gasteiger partial charge in [0.1, 0.15) is 0 Å². The molecule has 0 spiro atoms. The molecule has 1 fully saturated rings. The van der Waals surface area contributed by atoms with E-state index in [1.54, 1.807) is 4.68 Å². The molecule has 0 saturated carbocycles. The Bertz CT molecular complexity index is 561. The molecule has 2 heterocycles. The van der Waals surface area contributed by atoms with Crippen LogP contribution in [0, 0.1) is 0 Å². The van der Waals surface area contributed by atoms with Gasteiger partial charge in [-0.2, -0.15) is 4.68 Å². The predicted octanol–water partition coefficient (Wildman–Crippen LogP) is 2.21. The third kappa shape index (κ3) is 3.71. The van der Waals surface area contributed by atoms with E-state index in [0.717, 1.165) is 25.2 Å². The van der Waals surface area contributed by atoms with Crippen LogP contribution < -0.4 is 5.32 Å². The van der Waals surface area contributed by atoms with Crippen molar-refractivity contribution >= 4 is 17.5 Å². The van der Waals surface area contributed by atoms with Crippen molar-refractivity contribution in [3.63, 3.8) is 0 Å². The highest BCUT2D eigenvalue weighted by Crippen LogP contribution is 2.15. The molecular formula is C14H19ClN6. The maximum atomic E-state index is 5.90. The van der Waals surface area contributed by atoms with Gasteiger partial charge in [0.2, 0.25) is 5.95 Å². The molecule has 112 valence electrons. The van der Waals surface area contributed by atoms with E-state index in [1.165, 1.54) is 25.9 Å². The quantitative estimate of drug-likeness (QED) is 0.829. The minimum atomic E-state index is 0.666. The Morgan fingerprint density at radius 2 is 1.90 bits per heavy atom. The fourth-order valence-electron chi connectivity index (χ4n) is 2.56. The molecule has 1 saturated heterocycles. The number of tetrazole rings is 1. The number of hydrogen-bond donors (Lipinski definition) is 1. The molecule has 0 aliphatic carbocycles. The summed E-state index contributed by atoms with van der Waals surface area (Å²) in [7, 11) is 0. The number of nitrogens with one attached hydrogen (secondary N) is 1. The summed E-state index contributed by atoms with van der Waals surface area (Å²) in [6.07, 6.45) is 3.76. The fraction of sp³-hybridized carbons (Fsp3) is 0.500. The number of rotatable bonds is 6. The number of nitrogens with zero attached hydrogens (tertiary/aromatic N) is 5. The first-order valence-electron chi connectivity index (χ1n) is 7.33. The minimum Gasteiger partial charge on any atom is -0.353 e. The van der Waals surface area contributed by atoms with Crippen LogP contribution in [0.25, 0.3) is 5.69 Å². The first kappa shape index (κ1) is 14.3. The van der Waals surface area contributed by atoms with Crippen molar-refractivity contribution in [2.75, 3.05) is 31.5 Å². The van der Waals surface area contributed by atoms with Gasteiger partial charge < -0.3 is 10.2 Å². The molecule has 3 rings (SSSR count). The molecule has 1 N–H and O–H groups in total. The maximum absolute atomic E-state index is 5.90. The molecular weight excluding hydrogens is 288 g/mol. The lowest BCUT2D eigenvalue weighted by molar-refractivity contribution is 0.337. The van der Waals surface area contributed by atoms with Crippen molar-refractivity contribution in [2.24, 2.45) is 0 Å². The summed E-state index contributed by atoms with van der Waals surface area (Å²) in [5.41, 5.74) is 0.895. The number of benzene rings is 1. The number of aromatic nitrogens is 4. The third-order valence-electron chi connectivity index (χ3n) is 3.67. The van der Waals surface area contributed by atoms with Gasteiger partial charge in [0, 0.05) is 11.6 Å². The van der Waals surface area contributed by atoms with Crippen molar-refractivity contribution in [3.05, 3.63) is 29.3 Å². The van der Waals surface area contributed by atoms with E-state index in [4.69, 9.17) is 11.6 Å².